The van der Waals surface area contributed by atoms with Crippen LogP contribution in [0.2, 0.25) is 0 Å². The van der Waals surface area contributed by atoms with Crippen LogP contribution in [-0.2, 0) is 4.74 Å². The van der Waals surface area contributed by atoms with Gasteiger partial charge >= 0.3 is 5.97 Å². The summed E-state index contributed by atoms with van der Waals surface area (Å²) in [5.41, 5.74) is 0.935. The summed E-state index contributed by atoms with van der Waals surface area (Å²) in [4.78, 5) is 11.2. The Balaban J connectivity index is -0.000000425. The summed E-state index contributed by atoms with van der Waals surface area (Å²) in [7, 11) is 2.73. The lowest BCUT2D eigenvalue weighted by Gasteiger charge is -2.08. The number of methoxy groups -OCH3 is 2. The number of ether oxygens (including phenoxy) is 2. The van der Waals surface area contributed by atoms with Crippen LogP contribution in [0.4, 0.5) is 0 Å². The highest BCUT2D eigenvalue weighted by molar-refractivity contribution is 5.90. The highest BCUT2D eigenvalue weighted by Gasteiger charge is 2.12. The number of aryl methyl sites for hydroxylation is 1. The van der Waals surface area contributed by atoms with E-state index in [4.69, 9.17) is 4.74 Å². The molecule has 4 nitrogen and oxygen atoms in total. The molecule has 0 saturated carbocycles. The van der Waals surface area contributed by atoms with Gasteiger partial charge in [0.1, 0.15) is 0 Å². The van der Waals surface area contributed by atoms with E-state index >= 15 is 0 Å². The van der Waals surface area contributed by atoms with Gasteiger partial charge in [-0.3, -0.25) is 0 Å². The second-order valence-corrected chi connectivity index (χ2v) is 2.84. The molecule has 0 amide bonds. The lowest BCUT2D eigenvalue weighted by molar-refractivity contribution is 0.0600. The van der Waals surface area contributed by atoms with Gasteiger partial charge in [-0.05, 0) is 24.6 Å². The maximum absolute atomic E-state index is 11.2. The fourth-order valence-corrected chi connectivity index (χ4v) is 1.14. The molecule has 0 aromatic heterocycles. The van der Waals surface area contributed by atoms with Crippen molar-refractivity contribution in [3.05, 3.63) is 23.3 Å². The normalized spacial score (nSPS) is 7.65. The zero-order chi connectivity index (χ0) is 16.7. The van der Waals surface area contributed by atoms with E-state index in [-0.39, 0.29) is 11.5 Å². The van der Waals surface area contributed by atoms with Crippen molar-refractivity contribution >= 4 is 5.97 Å². The minimum Gasteiger partial charge on any atom is -0.504 e. The Kier molecular flexibility index (Phi) is 17.9. The van der Waals surface area contributed by atoms with Gasteiger partial charge in [0.05, 0.1) is 19.8 Å². The fraction of sp³-hybridized carbons (Fsp3) is 0.562. The molecule has 0 fully saturated rings. The zero-order valence-corrected chi connectivity index (χ0v) is 14.3. The summed E-state index contributed by atoms with van der Waals surface area (Å²) in [6.45, 7) is 13.7. The first-order chi connectivity index (χ1) is 9.60. The van der Waals surface area contributed by atoms with Crippen LogP contribution >= 0.6 is 0 Å². The van der Waals surface area contributed by atoms with E-state index in [1.165, 1.54) is 20.3 Å². The van der Waals surface area contributed by atoms with Gasteiger partial charge in [0.2, 0.25) is 0 Å². The Bertz CT molecular complexity index is 360. The summed E-state index contributed by atoms with van der Waals surface area (Å²) in [5.74, 6) is -0.142. The summed E-state index contributed by atoms with van der Waals surface area (Å²) < 4.78 is 9.46. The standard InChI is InChI=1S/C10H12O4.3C2H6/c1-6-4-7(10(12)14-3)5-8(13-2)9(6)11;3*1-2/h4-5,11H,1-3H3;3*1-2H3. The quantitative estimate of drug-likeness (QED) is 0.809. The topological polar surface area (TPSA) is 55.8 Å². The SMILES string of the molecule is CC.CC.CC.COC(=O)c1cc(C)c(O)c(OC)c1. The Labute approximate surface area is 123 Å². The van der Waals surface area contributed by atoms with E-state index in [0.29, 0.717) is 11.1 Å². The Morgan fingerprint density at radius 2 is 1.45 bits per heavy atom. The molecule has 0 heterocycles. The first-order valence-corrected chi connectivity index (χ1v) is 7.06. The molecule has 0 saturated heterocycles. The van der Waals surface area contributed by atoms with E-state index in [0.717, 1.165) is 0 Å². The molecule has 0 unspecified atom stereocenters. The second-order valence-electron chi connectivity index (χ2n) is 2.84. The molecule has 0 spiro atoms. The van der Waals surface area contributed by atoms with Crippen LogP contribution in [0.15, 0.2) is 12.1 Å². The van der Waals surface area contributed by atoms with Crippen molar-refractivity contribution in [1.82, 2.24) is 0 Å². The predicted molar refractivity (Wildman–Crippen MR) is 84.8 cm³/mol. The molecule has 0 aliphatic rings. The minimum absolute atomic E-state index is 0.0418. The van der Waals surface area contributed by atoms with Crippen LogP contribution in [0.25, 0.3) is 0 Å². The molecule has 0 radical (unpaired) electrons. The number of aromatic hydroxyl groups is 1. The minimum atomic E-state index is -0.452. The van der Waals surface area contributed by atoms with Crippen molar-refractivity contribution < 1.29 is 19.4 Å². The van der Waals surface area contributed by atoms with Crippen LogP contribution in [-0.4, -0.2) is 25.3 Å². The third-order valence-electron chi connectivity index (χ3n) is 1.91. The number of hydrogen-bond acceptors (Lipinski definition) is 4. The number of esters is 1. The largest absolute Gasteiger partial charge is 0.504 e. The number of benzene rings is 1. The van der Waals surface area contributed by atoms with Gasteiger partial charge in [0, 0.05) is 0 Å². The van der Waals surface area contributed by atoms with E-state index < -0.39 is 5.97 Å². The van der Waals surface area contributed by atoms with E-state index in [9.17, 15) is 9.90 Å². The van der Waals surface area contributed by atoms with Crippen molar-refractivity contribution in [2.24, 2.45) is 0 Å². The molecular weight excluding hydrogens is 256 g/mol. The van der Waals surface area contributed by atoms with E-state index in [1.54, 1.807) is 13.0 Å². The number of rotatable bonds is 2. The molecule has 1 rings (SSSR count). The maximum Gasteiger partial charge on any atom is 0.337 e. The average Bonchev–Trinajstić information content (AvgIpc) is 2.54. The van der Waals surface area contributed by atoms with E-state index in [1.807, 2.05) is 41.5 Å². The zero-order valence-electron chi connectivity index (χ0n) is 14.3. The van der Waals surface area contributed by atoms with Crippen molar-refractivity contribution in [3.63, 3.8) is 0 Å². The van der Waals surface area contributed by atoms with Crippen LogP contribution < -0.4 is 4.74 Å². The first kappa shape index (κ1) is 23.4. The smallest absolute Gasteiger partial charge is 0.337 e. The first-order valence-electron chi connectivity index (χ1n) is 7.06. The van der Waals surface area contributed by atoms with Crippen LogP contribution in [0, 0.1) is 6.92 Å². The highest BCUT2D eigenvalue weighted by Crippen LogP contribution is 2.30. The highest BCUT2D eigenvalue weighted by atomic mass is 16.5. The van der Waals surface area contributed by atoms with Crippen LogP contribution in [0.1, 0.15) is 57.5 Å². The average molecular weight is 286 g/mol. The molecule has 0 aliphatic heterocycles. The summed E-state index contributed by atoms with van der Waals surface area (Å²) in [6, 6.07) is 2.98. The molecule has 4 heteroatoms. The number of hydrogen-bond donors (Lipinski definition) is 1. The molecule has 1 N–H and O–H groups in total. The van der Waals surface area contributed by atoms with Gasteiger partial charge in [0.25, 0.3) is 0 Å². The second kappa shape index (κ2) is 15.3. The van der Waals surface area contributed by atoms with Gasteiger partial charge in [-0.25, -0.2) is 4.79 Å². The van der Waals surface area contributed by atoms with Crippen molar-refractivity contribution in [3.8, 4) is 11.5 Å². The fourth-order valence-electron chi connectivity index (χ4n) is 1.14. The Hall–Kier alpha value is -1.71. The number of carbonyl (C=O) groups excluding carboxylic acids is 1. The summed E-state index contributed by atoms with van der Waals surface area (Å²) in [5, 5.41) is 9.50. The maximum atomic E-state index is 11.2. The monoisotopic (exact) mass is 286 g/mol. The third kappa shape index (κ3) is 7.67. The molecule has 20 heavy (non-hydrogen) atoms. The van der Waals surface area contributed by atoms with Crippen LogP contribution in [0.5, 0.6) is 11.5 Å². The lowest BCUT2D eigenvalue weighted by atomic mass is 10.1. The molecule has 0 aliphatic carbocycles. The molecule has 0 bridgehead atoms. The number of phenols is 1. The van der Waals surface area contributed by atoms with Gasteiger partial charge in [-0.2, -0.15) is 0 Å². The van der Waals surface area contributed by atoms with Crippen LogP contribution in [0.3, 0.4) is 0 Å². The Morgan fingerprint density at radius 3 is 1.80 bits per heavy atom. The molecule has 118 valence electrons. The molecule has 0 atom stereocenters. The molecule has 1 aromatic rings. The van der Waals surface area contributed by atoms with Gasteiger partial charge in [-0.15, -0.1) is 0 Å². The van der Waals surface area contributed by atoms with Gasteiger partial charge < -0.3 is 14.6 Å². The van der Waals surface area contributed by atoms with Crippen molar-refractivity contribution in [2.45, 2.75) is 48.5 Å². The number of carbonyl (C=O) groups is 1. The van der Waals surface area contributed by atoms with Gasteiger partial charge in [-0.1, -0.05) is 41.5 Å². The predicted octanol–water partition coefficient (Wildman–Crippen LogP) is 4.57. The van der Waals surface area contributed by atoms with E-state index in [2.05, 4.69) is 4.74 Å². The lowest BCUT2D eigenvalue weighted by Crippen LogP contribution is -2.02. The van der Waals surface area contributed by atoms with Crippen molar-refractivity contribution in [1.29, 1.82) is 0 Å². The third-order valence-corrected chi connectivity index (χ3v) is 1.91. The van der Waals surface area contributed by atoms with Gasteiger partial charge in [0.15, 0.2) is 11.5 Å². The summed E-state index contributed by atoms with van der Waals surface area (Å²) in [6.07, 6.45) is 0. The molecule has 1 aromatic carbocycles. The Morgan fingerprint density at radius 1 is 1.00 bits per heavy atom. The summed E-state index contributed by atoms with van der Waals surface area (Å²) >= 11 is 0. The molecular formula is C16H30O4. The van der Waals surface area contributed by atoms with Crippen molar-refractivity contribution in [2.75, 3.05) is 14.2 Å². The number of phenolic OH excluding ortho intramolecular Hbond substituents is 1.